The fourth-order valence-corrected chi connectivity index (χ4v) is 2.06. The third-order valence-corrected chi connectivity index (χ3v) is 3.02. The molecule has 4 nitrogen and oxygen atoms in total. The maximum Gasteiger partial charge on any atom is 0.166 e. The molecule has 0 amide bonds. The molecule has 0 saturated carbocycles. The Bertz CT molecular complexity index is 449. The Morgan fingerprint density at radius 3 is 2.53 bits per heavy atom. The molecule has 0 bridgehead atoms. The molecule has 1 aromatic rings. The fraction of sp³-hybridized carbons (Fsp3) is 0.308. The van der Waals surface area contributed by atoms with Crippen molar-refractivity contribution in [3.8, 4) is 5.75 Å². The van der Waals surface area contributed by atoms with E-state index in [0.29, 0.717) is 11.3 Å². The standard InChI is InChI=1S/C13H14O4/c1-17-10-4-2-9(3-5-10)12-11(15)6-7-13(12,16)8-14/h2-7,12,14,16H,8H2,1H3/t12?,13-/m1/s1. The Morgan fingerprint density at radius 2 is 2.00 bits per heavy atom. The first-order valence-corrected chi connectivity index (χ1v) is 5.31. The smallest absolute Gasteiger partial charge is 0.166 e. The van der Waals surface area contributed by atoms with Crippen LogP contribution in [0.3, 0.4) is 0 Å². The highest BCUT2D eigenvalue weighted by Crippen LogP contribution is 2.36. The summed E-state index contributed by atoms with van der Waals surface area (Å²) in [4.78, 5) is 11.7. The molecule has 1 unspecified atom stereocenters. The maximum atomic E-state index is 11.7. The highest BCUT2D eigenvalue weighted by molar-refractivity contribution is 5.99. The van der Waals surface area contributed by atoms with Gasteiger partial charge >= 0.3 is 0 Å². The predicted molar refractivity (Wildman–Crippen MR) is 61.9 cm³/mol. The number of allylic oxidation sites excluding steroid dienone is 1. The Kier molecular flexibility index (Phi) is 3.00. The summed E-state index contributed by atoms with van der Waals surface area (Å²) in [5.41, 5.74) is -0.830. The summed E-state index contributed by atoms with van der Waals surface area (Å²) in [5, 5.41) is 19.3. The summed E-state index contributed by atoms with van der Waals surface area (Å²) in [6, 6.07) is 6.88. The number of carbonyl (C=O) groups excluding carboxylic acids is 1. The van der Waals surface area contributed by atoms with E-state index in [1.807, 2.05) is 0 Å². The van der Waals surface area contributed by atoms with E-state index in [9.17, 15) is 15.0 Å². The van der Waals surface area contributed by atoms with Gasteiger partial charge in [-0.15, -0.1) is 0 Å². The lowest BCUT2D eigenvalue weighted by atomic mass is 9.84. The minimum atomic E-state index is -1.49. The number of carbonyl (C=O) groups is 1. The predicted octanol–water partition coefficient (Wildman–Crippen LogP) is 0.641. The van der Waals surface area contributed by atoms with E-state index in [2.05, 4.69) is 0 Å². The summed E-state index contributed by atoms with van der Waals surface area (Å²) >= 11 is 0. The molecule has 0 radical (unpaired) electrons. The molecule has 90 valence electrons. The normalized spacial score (nSPS) is 27.5. The summed E-state index contributed by atoms with van der Waals surface area (Å²) in [5.74, 6) is -0.259. The number of rotatable bonds is 3. The Hall–Kier alpha value is -1.65. The minimum Gasteiger partial charge on any atom is -0.497 e. The van der Waals surface area contributed by atoms with Crippen LogP contribution in [0.4, 0.5) is 0 Å². The molecule has 1 aliphatic carbocycles. The van der Waals surface area contributed by atoms with Gasteiger partial charge in [0.15, 0.2) is 5.78 Å². The lowest BCUT2D eigenvalue weighted by Gasteiger charge is -2.26. The van der Waals surface area contributed by atoms with E-state index >= 15 is 0 Å². The van der Waals surface area contributed by atoms with E-state index < -0.39 is 18.1 Å². The number of aliphatic hydroxyl groups is 2. The van der Waals surface area contributed by atoms with Crippen LogP contribution in [0.1, 0.15) is 11.5 Å². The molecule has 0 heterocycles. The topological polar surface area (TPSA) is 66.8 Å². The third kappa shape index (κ3) is 1.97. The summed E-state index contributed by atoms with van der Waals surface area (Å²) < 4.78 is 5.02. The van der Waals surface area contributed by atoms with Gasteiger partial charge in [-0.2, -0.15) is 0 Å². The van der Waals surface area contributed by atoms with Gasteiger partial charge in [-0.3, -0.25) is 4.79 Å². The highest BCUT2D eigenvalue weighted by Gasteiger charge is 2.43. The molecule has 0 aromatic heterocycles. The molecular formula is C13H14O4. The van der Waals surface area contributed by atoms with Crippen LogP contribution in [0.15, 0.2) is 36.4 Å². The van der Waals surface area contributed by atoms with Crippen LogP contribution >= 0.6 is 0 Å². The van der Waals surface area contributed by atoms with Gasteiger partial charge < -0.3 is 14.9 Å². The van der Waals surface area contributed by atoms with Gasteiger partial charge in [0, 0.05) is 0 Å². The SMILES string of the molecule is COc1ccc(C2C(=O)C=C[C@@]2(O)CO)cc1. The van der Waals surface area contributed by atoms with Crippen molar-refractivity contribution >= 4 is 5.78 Å². The average molecular weight is 234 g/mol. The van der Waals surface area contributed by atoms with Gasteiger partial charge in [0.05, 0.1) is 19.6 Å². The average Bonchev–Trinajstić information content (AvgIpc) is 2.66. The van der Waals surface area contributed by atoms with Gasteiger partial charge in [0.25, 0.3) is 0 Å². The molecule has 0 spiro atoms. The monoisotopic (exact) mass is 234 g/mol. The first-order chi connectivity index (χ1) is 8.10. The molecule has 0 aliphatic heterocycles. The van der Waals surface area contributed by atoms with Crippen molar-refractivity contribution in [1.29, 1.82) is 0 Å². The van der Waals surface area contributed by atoms with Crippen LogP contribution in [0.2, 0.25) is 0 Å². The van der Waals surface area contributed by atoms with Crippen molar-refractivity contribution in [3.63, 3.8) is 0 Å². The van der Waals surface area contributed by atoms with Crippen molar-refractivity contribution < 1.29 is 19.7 Å². The molecule has 0 saturated heterocycles. The van der Waals surface area contributed by atoms with Gasteiger partial charge in [-0.1, -0.05) is 12.1 Å². The first-order valence-electron chi connectivity index (χ1n) is 5.31. The highest BCUT2D eigenvalue weighted by atomic mass is 16.5. The Morgan fingerprint density at radius 1 is 1.35 bits per heavy atom. The van der Waals surface area contributed by atoms with Crippen molar-refractivity contribution in [2.45, 2.75) is 11.5 Å². The van der Waals surface area contributed by atoms with Crippen LogP contribution in [-0.4, -0.2) is 35.3 Å². The zero-order valence-corrected chi connectivity index (χ0v) is 9.46. The molecule has 2 atom stereocenters. The van der Waals surface area contributed by atoms with Crippen LogP contribution < -0.4 is 4.74 Å². The molecule has 4 heteroatoms. The van der Waals surface area contributed by atoms with Gasteiger partial charge in [0.2, 0.25) is 0 Å². The zero-order chi connectivity index (χ0) is 12.5. The quantitative estimate of drug-likeness (QED) is 0.805. The van der Waals surface area contributed by atoms with Crippen LogP contribution in [0.25, 0.3) is 0 Å². The summed E-state index contributed by atoms with van der Waals surface area (Å²) in [6.45, 7) is -0.480. The van der Waals surface area contributed by atoms with Crippen LogP contribution in [0, 0.1) is 0 Å². The lowest BCUT2D eigenvalue weighted by Crippen LogP contribution is -2.37. The second-order valence-corrected chi connectivity index (χ2v) is 4.09. The minimum absolute atomic E-state index is 0.202. The second-order valence-electron chi connectivity index (χ2n) is 4.09. The van der Waals surface area contributed by atoms with Gasteiger partial charge in [0.1, 0.15) is 11.4 Å². The van der Waals surface area contributed by atoms with Crippen molar-refractivity contribution in [2.75, 3.05) is 13.7 Å². The molecule has 1 aliphatic rings. The Labute approximate surface area is 99.2 Å². The number of hydrogen-bond acceptors (Lipinski definition) is 4. The number of aliphatic hydroxyl groups excluding tert-OH is 1. The molecule has 0 fully saturated rings. The molecular weight excluding hydrogens is 220 g/mol. The summed E-state index contributed by atoms with van der Waals surface area (Å²) in [7, 11) is 1.56. The molecule has 1 aromatic carbocycles. The fourth-order valence-electron chi connectivity index (χ4n) is 2.06. The summed E-state index contributed by atoms with van der Waals surface area (Å²) in [6.07, 6.45) is 2.66. The number of ketones is 1. The van der Waals surface area contributed by atoms with Crippen molar-refractivity contribution in [3.05, 3.63) is 42.0 Å². The second kappa shape index (κ2) is 4.31. The zero-order valence-electron chi connectivity index (χ0n) is 9.46. The van der Waals surface area contributed by atoms with Gasteiger partial charge in [-0.25, -0.2) is 0 Å². The van der Waals surface area contributed by atoms with Crippen LogP contribution in [-0.2, 0) is 4.79 Å². The Balaban J connectivity index is 2.35. The number of hydrogen-bond donors (Lipinski definition) is 2. The van der Waals surface area contributed by atoms with E-state index in [1.165, 1.54) is 12.2 Å². The number of methoxy groups -OCH3 is 1. The molecule has 2 rings (SSSR count). The maximum absolute atomic E-state index is 11.7. The van der Waals surface area contributed by atoms with Crippen LogP contribution in [0.5, 0.6) is 5.75 Å². The molecule has 17 heavy (non-hydrogen) atoms. The van der Waals surface area contributed by atoms with Gasteiger partial charge in [-0.05, 0) is 29.8 Å². The van der Waals surface area contributed by atoms with Crippen molar-refractivity contribution in [2.24, 2.45) is 0 Å². The lowest BCUT2D eigenvalue weighted by molar-refractivity contribution is -0.119. The van der Waals surface area contributed by atoms with E-state index in [1.54, 1.807) is 31.4 Å². The number of ether oxygens (including phenoxy) is 1. The van der Waals surface area contributed by atoms with E-state index in [-0.39, 0.29) is 5.78 Å². The van der Waals surface area contributed by atoms with E-state index in [0.717, 1.165) is 0 Å². The van der Waals surface area contributed by atoms with E-state index in [4.69, 9.17) is 4.74 Å². The van der Waals surface area contributed by atoms with Crippen molar-refractivity contribution in [1.82, 2.24) is 0 Å². The third-order valence-electron chi connectivity index (χ3n) is 3.02. The largest absolute Gasteiger partial charge is 0.497 e. The molecule has 2 N–H and O–H groups in total. The first kappa shape index (κ1) is 11.8. The number of benzene rings is 1.